The lowest BCUT2D eigenvalue weighted by Crippen LogP contribution is -2.52. The van der Waals surface area contributed by atoms with Crippen LogP contribution in [0.2, 0.25) is 0 Å². The normalized spacial score (nSPS) is 14.4. The molecule has 0 radical (unpaired) electrons. The van der Waals surface area contributed by atoms with E-state index in [0.717, 1.165) is 0 Å². The third-order valence-corrected chi connectivity index (χ3v) is 12.8. The molecular formula is C48H6F36N10. The minimum absolute atomic E-state index is 0.0612. The summed E-state index contributed by atoms with van der Waals surface area (Å²) in [5, 5.41) is 0. The summed E-state index contributed by atoms with van der Waals surface area (Å²) in [5.41, 5.74) is -38.9. The van der Waals surface area contributed by atoms with E-state index in [4.69, 9.17) is 0 Å². The van der Waals surface area contributed by atoms with Gasteiger partial charge in [-0.05, 0) is 13.8 Å². The molecule has 0 saturated heterocycles. The van der Waals surface area contributed by atoms with Gasteiger partial charge in [0.15, 0.2) is 140 Å². The van der Waals surface area contributed by atoms with Crippen molar-refractivity contribution in [2.75, 3.05) is 14.7 Å². The number of halogens is 36. The van der Waals surface area contributed by atoms with Crippen LogP contribution in [0.5, 0.6) is 0 Å². The van der Waals surface area contributed by atoms with Crippen molar-refractivity contribution >= 4 is 69.9 Å². The van der Waals surface area contributed by atoms with Crippen molar-refractivity contribution in [2.45, 2.75) is 38.6 Å². The highest BCUT2D eigenvalue weighted by molar-refractivity contribution is 6.34. The summed E-state index contributed by atoms with van der Waals surface area (Å²) in [6.07, 6.45) is -26.9. The first-order valence-corrected chi connectivity index (χ1v) is 23.2. The Kier molecular flexibility index (Phi) is 16.3. The SMILES string of the molecule is Cc1c(F)c(F)c(N(C2=NC3=NC(N(c4c(F)c(F)c(C)c(F)c4F)c4c(F)c(F)c(C(F)(F)F)c(F)c4F)=NC4=NC(N(c5c(F)c(F)c(C(F)(F)F)c(F)c5F)c5c(F)c(F)c(C(F)(F)F)c(F)c5F)=NC(=N2)N34)c2c(F)c(F)c(C(F)(F)F)c(F)c2F)c(F)c1F. The Balaban J connectivity index is 1.55. The number of rotatable bonds is 6. The van der Waals surface area contributed by atoms with Crippen molar-refractivity contribution in [3.8, 4) is 0 Å². The molecule has 6 aromatic rings. The van der Waals surface area contributed by atoms with E-state index in [-0.39, 0.29) is 13.8 Å². The molecular weight excluding hydrogens is 1400 g/mol. The van der Waals surface area contributed by atoms with E-state index in [0.29, 0.717) is 0 Å². The van der Waals surface area contributed by atoms with E-state index in [1.165, 1.54) is 0 Å². The van der Waals surface area contributed by atoms with Crippen LogP contribution >= 0.6 is 0 Å². The molecule has 0 unspecified atom stereocenters. The minimum Gasteiger partial charge on any atom is -0.267 e. The molecule has 3 heterocycles. The standard InChI is InChI=1S/C48H6F36N10/c1-3-9(49)21(61)33(22(62)10(3)50)91(35-25(65)13(53)5(45(73,74)75)14(54)26(35)66)39-85-42-86-40(92(34-23(63)11(51)4(2)12(52)24(34)64)36-27(67)15(55)6(46(76,77)78)16(56)28(36)68)88-44-90-41(89-43(87-39)94(42)44)93(37-29(69)17(57)7(47(79,80)81)18(58)30(37)70)38-31(71)19(59)8(48(82,83)84)20(60)32(38)72/h1-2H3. The lowest BCUT2D eigenvalue weighted by atomic mass is 10.1. The Hall–Kier alpha value is -9.98. The van der Waals surface area contributed by atoms with Crippen molar-refractivity contribution in [2.24, 2.45) is 30.0 Å². The lowest BCUT2D eigenvalue weighted by molar-refractivity contribution is -0.144. The molecule has 9 rings (SSSR count). The van der Waals surface area contributed by atoms with E-state index in [9.17, 15) is 52.7 Å². The van der Waals surface area contributed by atoms with Crippen LogP contribution in [0.1, 0.15) is 33.4 Å². The highest BCUT2D eigenvalue weighted by Gasteiger charge is 2.52. The molecule has 3 aliphatic heterocycles. The molecule has 0 N–H and O–H groups in total. The topological polar surface area (TPSA) is 87.1 Å². The van der Waals surface area contributed by atoms with Gasteiger partial charge in [0, 0.05) is 11.1 Å². The zero-order chi connectivity index (χ0) is 70.8. The Morgan fingerprint density at radius 1 is 0.213 bits per heavy atom. The fourth-order valence-corrected chi connectivity index (χ4v) is 8.60. The van der Waals surface area contributed by atoms with Crippen LogP contribution in [-0.2, 0) is 24.7 Å². The summed E-state index contributed by atoms with van der Waals surface area (Å²) in [5.74, 6) is -103. The number of nitrogens with zero attached hydrogens (tertiary/aromatic N) is 10. The van der Waals surface area contributed by atoms with E-state index >= 15 is 105 Å². The highest BCUT2D eigenvalue weighted by Crippen LogP contribution is 2.50. The Morgan fingerprint density at radius 2 is 0.351 bits per heavy atom. The molecule has 0 bridgehead atoms. The summed E-state index contributed by atoms with van der Waals surface area (Å²) in [4.78, 5) is 11.9. The van der Waals surface area contributed by atoms with Crippen LogP contribution < -0.4 is 14.7 Å². The number of hydrogen-bond donors (Lipinski definition) is 0. The van der Waals surface area contributed by atoms with Gasteiger partial charge in [0.2, 0.25) is 35.8 Å². The maximum atomic E-state index is 16.3. The molecule has 0 spiro atoms. The van der Waals surface area contributed by atoms with Crippen molar-refractivity contribution in [3.63, 3.8) is 0 Å². The summed E-state index contributed by atoms with van der Waals surface area (Å²) in [6, 6.07) is 0. The summed E-state index contributed by atoms with van der Waals surface area (Å²) >= 11 is 0. The monoisotopic (exact) mass is 1410 g/mol. The number of benzene rings is 6. The average molecular weight is 1410 g/mol. The maximum absolute atomic E-state index is 16.3. The van der Waals surface area contributed by atoms with Crippen molar-refractivity contribution in [1.29, 1.82) is 0 Å². The molecule has 0 aromatic heterocycles. The molecule has 0 fully saturated rings. The lowest BCUT2D eigenvalue weighted by Gasteiger charge is -2.36. The van der Waals surface area contributed by atoms with Crippen LogP contribution in [0.25, 0.3) is 0 Å². The van der Waals surface area contributed by atoms with Crippen LogP contribution in [-0.4, -0.2) is 40.7 Å². The van der Waals surface area contributed by atoms with Gasteiger partial charge < -0.3 is 0 Å². The molecule has 0 amide bonds. The zero-order valence-electron chi connectivity index (χ0n) is 43.1. The van der Waals surface area contributed by atoms with Gasteiger partial charge in [0.25, 0.3) is 0 Å². The fraction of sp³-hybridized carbons (Fsp3) is 0.125. The number of guanidine groups is 6. The Labute approximate surface area is 488 Å². The maximum Gasteiger partial charge on any atom is 0.422 e. The zero-order valence-corrected chi connectivity index (χ0v) is 43.1. The highest BCUT2D eigenvalue weighted by atomic mass is 19.4. The van der Waals surface area contributed by atoms with Crippen LogP contribution in [0.3, 0.4) is 0 Å². The molecule has 0 atom stereocenters. The third-order valence-electron chi connectivity index (χ3n) is 12.8. The second-order valence-electron chi connectivity index (χ2n) is 18.2. The van der Waals surface area contributed by atoms with E-state index in [1.54, 1.807) is 0 Å². The first-order valence-electron chi connectivity index (χ1n) is 23.2. The molecule has 0 aliphatic carbocycles. The van der Waals surface area contributed by atoms with E-state index in [1.807, 2.05) is 0 Å². The van der Waals surface area contributed by atoms with Crippen LogP contribution in [0.4, 0.5) is 192 Å². The fourth-order valence-electron chi connectivity index (χ4n) is 8.60. The quantitative estimate of drug-likeness (QED) is 0.123. The molecule has 46 heteroatoms. The van der Waals surface area contributed by atoms with E-state index in [2.05, 4.69) is 30.0 Å². The smallest absolute Gasteiger partial charge is 0.267 e. The van der Waals surface area contributed by atoms with Gasteiger partial charge in [0.05, 0.1) is 0 Å². The molecule has 0 saturated carbocycles. The van der Waals surface area contributed by atoms with Crippen molar-refractivity contribution in [1.82, 2.24) is 4.90 Å². The van der Waals surface area contributed by atoms with Crippen molar-refractivity contribution in [3.05, 3.63) is 173 Å². The molecule has 500 valence electrons. The summed E-state index contributed by atoms with van der Waals surface area (Å²) < 4.78 is 550. The summed E-state index contributed by atoms with van der Waals surface area (Å²) in [7, 11) is 0. The average Bonchev–Trinajstić information content (AvgIpc) is 0.723. The number of alkyl halides is 12. The van der Waals surface area contributed by atoms with Crippen LogP contribution in [0.15, 0.2) is 30.0 Å². The molecule has 3 aliphatic rings. The van der Waals surface area contributed by atoms with Gasteiger partial charge in [-0.25, -0.2) is 110 Å². The number of anilines is 6. The first-order chi connectivity index (χ1) is 43.1. The predicted octanol–water partition coefficient (Wildman–Crippen LogP) is 17.0. The van der Waals surface area contributed by atoms with Gasteiger partial charge in [-0.2, -0.15) is 82.6 Å². The second kappa shape index (κ2) is 22.4. The summed E-state index contributed by atoms with van der Waals surface area (Å²) in [6.45, 7) is 0.122. The van der Waals surface area contributed by atoms with Crippen molar-refractivity contribution < 1.29 is 158 Å². The van der Waals surface area contributed by atoms with Gasteiger partial charge in [-0.1, -0.05) is 0 Å². The largest absolute Gasteiger partial charge is 0.422 e. The Morgan fingerprint density at radius 3 is 0.489 bits per heavy atom. The van der Waals surface area contributed by atoms with E-state index < -0.39 is 287 Å². The molecule has 94 heavy (non-hydrogen) atoms. The minimum atomic E-state index is -6.75. The van der Waals surface area contributed by atoms with Gasteiger partial charge in [-0.3, -0.25) is 14.7 Å². The molecule has 10 nitrogen and oxygen atoms in total. The second-order valence-corrected chi connectivity index (χ2v) is 18.2. The van der Waals surface area contributed by atoms with Crippen LogP contribution in [0, 0.1) is 153 Å². The Bertz CT molecular complexity index is 4180. The van der Waals surface area contributed by atoms with Gasteiger partial charge in [-0.15, -0.1) is 0 Å². The van der Waals surface area contributed by atoms with Gasteiger partial charge >= 0.3 is 24.7 Å². The first kappa shape index (κ1) is 68.4. The van der Waals surface area contributed by atoms with Gasteiger partial charge in [0.1, 0.15) is 56.4 Å². The number of hydrogen-bond acceptors (Lipinski definition) is 10. The number of aliphatic imine (C=N–C) groups is 6. The third kappa shape index (κ3) is 10.2. The predicted molar refractivity (Wildman–Crippen MR) is 240 cm³/mol. The molecule has 6 aromatic carbocycles.